The molecule has 7 nitrogen and oxygen atoms in total. The Morgan fingerprint density at radius 3 is 2.50 bits per heavy atom. The zero-order chi connectivity index (χ0) is 18.5. The van der Waals surface area contributed by atoms with Gasteiger partial charge in [-0.05, 0) is 40.0 Å². The molecule has 1 aliphatic heterocycles. The van der Waals surface area contributed by atoms with E-state index < -0.39 is 30.4 Å². The van der Waals surface area contributed by atoms with Crippen LogP contribution in [0.1, 0.15) is 41.0 Å². The molecular formula is C17H30N2O5. The van der Waals surface area contributed by atoms with Crippen molar-refractivity contribution in [2.75, 3.05) is 6.61 Å². The molecule has 5 atom stereocenters. The van der Waals surface area contributed by atoms with Gasteiger partial charge in [0.2, 0.25) is 5.91 Å². The molecule has 138 valence electrons. The molecule has 0 unspecified atom stereocenters. The molecule has 0 radical (unpaired) electrons. The lowest BCUT2D eigenvalue weighted by Gasteiger charge is -2.31. The van der Waals surface area contributed by atoms with E-state index >= 15 is 0 Å². The highest BCUT2D eigenvalue weighted by molar-refractivity contribution is 5.77. The lowest BCUT2D eigenvalue weighted by molar-refractivity contribution is -0.157. The molecule has 1 aliphatic rings. The Hall–Kier alpha value is -1.44. The SMILES string of the molecule is C/C=C\[C@@H]1C[C@H](C(=O)OC(C)(C)C)N[C@H]1[C@@H](NC(C)=O)[C@@H](O)CO. The van der Waals surface area contributed by atoms with Crippen molar-refractivity contribution in [1.29, 1.82) is 0 Å². The van der Waals surface area contributed by atoms with Gasteiger partial charge in [0, 0.05) is 13.0 Å². The van der Waals surface area contributed by atoms with Gasteiger partial charge in [0.1, 0.15) is 11.6 Å². The summed E-state index contributed by atoms with van der Waals surface area (Å²) in [6.07, 6.45) is 3.17. The number of nitrogens with one attached hydrogen (secondary N) is 2. The normalized spacial score (nSPS) is 27.0. The van der Waals surface area contributed by atoms with Crippen molar-refractivity contribution >= 4 is 11.9 Å². The first-order valence-corrected chi connectivity index (χ1v) is 8.26. The second-order valence-electron chi connectivity index (χ2n) is 7.18. The van der Waals surface area contributed by atoms with E-state index in [9.17, 15) is 19.8 Å². The van der Waals surface area contributed by atoms with E-state index in [1.807, 2.05) is 19.1 Å². The van der Waals surface area contributed by atoms with Crippen molar-refractivity contribution in [2.24, 2.45) is 5.92 Å². The Morgan fingerprint density at radius 1 is 1.42 bits per heavy atom. The molecule has 1 amide bonds. The third kappa shape index (κ3) is 5.89. The van der Waals surface area contributed by atoms with E-state index in [4.69, 9.17) is 4.74 Å². The Balaban J connectivity index is 2.97. The van der Waals surface area contributed by atoms with E-state index in [1.165, 1.54) is 6.92 Å². The second-order valence-corrected chi connectivity index (χ2v) is 7.18. The summed E-state index contributed by atoms with van der Waals surface area (Å²) in [4.78, 5) is 23.8. The zero-order valence-corrected chi connectivity index (χ0v) is 15.1. The monoisotopic (exact) mass is 342 g/mol. The minimum atomic E-state index is -1.13. The predicted octanol–water partition coefficient (Wildman–Crippen LogP) is 0.109. The maximum atomic E-state index is 12.3. The van der Waals surface area contributed by atoms with Gasteiger partial charge in [0.25, 0.3) is 0 Å². The van der Waals surface area contributed by atoms with Crippen molar-refractivity contribution in [3.8, 4) is 0 Å². The molecule has 0 bridgehead atoms. The summed E-state index contributed by atoms with van der Waals surface area (Å²) >= 11 is 0. The van der Waals surface area contributed by atoms with E-state index in [1.54, 1.807) is 20.8 Å². The topological polar surface area (TPSA) is 108 Å². The quantitative estimate of drug-likeness (QED) is 0.403. The third-order valence-corrected chi connectivity index (χ3v) is 3.85. The van der Waals surface area contributed by atoms with E-state index in [-0.39, 0.29) is 23.8 Å². The van der Waals surface area contributed by atoms with Crippen LogP contribution in [0.3, 0.4) is 0 Å². The lowest BCUT2D eigenvalue weighted by atomic mass is 9.90. The molecule has 24 heavy (non-hydrogen) atoms. The molecule has 0 spiro atoms. The standard InChI is InChI=1S/C17H30N2O5/c1-6-7-11-8-12(16(23)24-17(3,4)5)19-14(11)15(13(22)9-20)18-10(2)21/h6-7,11-15,19-20,22H,8-9H2,1-5H3,(H,18,21)/b7-6-/t11-,12-,13+,14-,15+/m1/s1. The van der Waals surface area contributed by atoms with Crippen LogP contribution in [0, 0.1) is 5.92 Å². The van der Waals surface area contributed by atoms with Crippen molar-refractivity contribution in [1.82, 2.24) is 10.6 Å². The Morgan fingerprint density at radius 2 is 2.04 bits per heavy atom. The number of carbonyl (C=O) groups is 2. The Labute approximate surface area is 143 Å². The number of aliphatic hydroxyl groups is 2. The predicted molar refractivity (Wildman–Crippen MR) is 90.2 cm³/mol. The van der Waals surface area contributed by atoms with Crippen LogP contribution in [0.2, 0.25) is 0 Å². The lowest BCUT2D eigenvalue weighted by Crippen LogP contribution is -2.57. The molecule has 0 aromatic heterocycles. The third-order valence-electron chi connectivity index (χ3n) is 3.85. The summed E-state index contributed by atoms with van der Waals surface area (Å²) in [5.74, 6) is -0.751. The molecule has 7 heteroatoms. The van der Waals surface area contributed by atoms with Crippen molar-refractivity contribution in [3.63, 3.8) is 0 Å². The first kappa shape index (κ1) is 20.6. The van der Waals surface area contributed by atoms with Gasteiger partial charge in [-0.1, -0.05) is 12.2 Å². The number of hydrogen-bond donors (Lipinski definition) is 4. The number of hydrogen-bond acceptors (Lipinski definition) is 6. The van der Waals surface area contributed by atoms with Gasteiger partial charge in [-0.25, -0.2) is 0 Å². The Bertz CT molecular complexity index is 472. The molecule has 4 N–H and O–H groups in total. The molecule has 0 aliphatic carbocycles. The number of ether oxygens (including phenoxy) is 1. The highest BCUT2D eigenvalue weighted by Crippen LogP contribution is 2.27. The number of allylic oxidation sites excluding steroid dienone is 1. The highest BCUT2D eigenvalue weighted by Gasteiger charge is 2.43. The minimum Gasteiger partial charge on any atom is -0.459 e. The fraction of sp³-hybridized carbons (Fsp3) is 0.765. The van der Waals surface area contributed by atoms with Crippen LogP contribution in [0.25, 0.3) is 0 Å². The van der Waals surface area contributed by atoms with E-state index in [0.29, 0.717) is 6.42 Å². The van der Waals surface area contributed by atoms with Gasteiger partial charge in [-0.15, -0.1) is 0 Å². The Kier molecular flexibility index (Phi) is 7.38. The van der Waals surface area contributed by atoms with Crippen LogP contribution in [-0.2, 0) is 14.3 Å². The van der Waals surface area contributed by atoms with Crippen LogP contribution in [-0.4, -0.2) is 58.5 Å². The molecule has 0 saturated carbocycles. The molecule has 0 aromatic carbocycles. The van der Waals surface area contributed by atoms with Crippen molar-refractivity contribution in [3.05, 3.63) is 12.2 Å². The molecule has 1 heterocycles. The van der Waals surface area contributed by atoms with Crippen LogP contribution >= 0.6 is 0 Å². The first-order chi connectivity index (χ1) is 11.1. The second kappa shape index (κ2) is 8.60. The summed E-state index contributed by atoms with van der Waals surface area (Å²) in [5.41, 5.74) is -0.589. The van der Waals surface area contributed by atoms with Crippen LogP contribution < -0.4 is 10.6 Å². The summed E-state index contributed by atoms with van der Waals surface area (Å²) in [6.45, 7) is 8.14. The van der Waals surface area contributed by atoms with Crippen molar-refractivity contribution in [2.45, 2.75) is 70.9 Å². The number of rotatable bonds is 6. The van der Waals surface area contributed by atoms with Gasteiger partial charge >= 0.3 is 5.97 Å². The van der Waals surface area contributed by atoms with Crippen LogP contribution in [0.15, 0.2) is 12.2 Å². The van der Waals surface area contributed by atoms with Crippen LogP contribution in [0.4, 0.5) is 0 Å². The molecule has 1 fully saturated rings. The van der Waals surface area contributed by atoms with Gasteiger partial charge in [0.05, 0.1) is 18.8 Å². The fourth-order valence-electron chi connectivity index (χ4n) is 2.97. The highest BCUT2D eigenvalue weighted by atomic mass is 16.6. The molecule has 1 saturated heterocycles. The van der Waals surface area contributed by atoms with Crippen LogP contribution in [0.5, 0.6) is 0 Å². The van der Waals surface area contributed by atoms with Gasteiger partial charge < -0.3 is 20.3 Å². The summed E-state index contributed by atoms with van der Waals surface area (Å²) in [6, 6.07) is -1.62. The maximum Gasteiger partial charge on any atom is 0.323 e. The summed E-state index contributed by atoms with van der Waals surface area (Å²) in [7, 11) is 0. The van der Waals surface area contributed by atoms with Crippen molar-refractivity contribution < 1.29 is 24.5 Å². The van der Waals surface area contributed by atoms with E-state index in [0.717, 1.165) is 0 Å². The number of carbonyl (C=O) groups excluding carboxylic acids is 2. The average Bonchev–Trinajstić information content (AvgIpc) is 2.86. The van der Waals surface area contributed by atoms with Gasteiger partial charge in [-0.2, -0.15) is 0 Å². The molecule has 1 rings (SSSR count). The first-order valence-electron chi connectivity index (χ1n) is 8.26. The number of esters is 1. The van der Waals surface area contributed by atoms with Gasteiger partial charge in [-0.3, -0.25) is 14.9 Å². The molecule has 0 aromatic rings. The molecular weight excluding hydrogens is 312 g/mol. The maximum absolute atomic E-state index is 12.3. The average molecular weight is 342 g/mol. The smallest absolute Gasteiger partial charge is 0.323 e. The largest absolute Gasteiger partial charge is 0.459 e. The fourth-order valence-corrected chi connectivity index (χ4v) is 2.97. The zero-order valence-electron chi connectivity index (χ0n) is 15.1. The number of amides is 1. The number of aliphatic hydroxyl groups excluding tert-OH is 2. The minimum absolute atomic E-state index is 0.0782. The van der Waals surface area contributed by atoms with Gasteiger partial charge in [0.15, 0.2) is 0 Å². The van der Waals surface area contributed by atoms with E-state index in [2.05, 4.69) is 10.6 Å². The summed E-state index contributed by atoms with van der Waals surface area (Å²) in [5, 5.41) is 25.2. The summed E-state index contributed by atoms with van der Waals surface area (Å²) < 4.78 is 5.42.